The van der Waals surface area contributed by atoms with Crippen molar-refractivity contribution in [2.75, 3.05) is 0 Å². The van der Waals surface area contributed by atoms with Gasteiger partial charge < -0.3 is 4.74 Å². The van der Waals surface area contributed by atoms with E-state index < -0.39 is 0 Å². The molecule has 3 nitrogen and oxygen atoms in total. The fourth-order valence-corrected chi connectivity index (χ4v) is 7.61. The average Bonchev–Trinajstić information content (AvgIpc) is 3.10. The van der Waals surface area contributed by atoms with Crippen molar-refractivity contribution in [3.8, 4) is 0 Å². The molecule has 0 aromatic carbocycles. The Balaban J connectivity index is 1.67. The normalized spacial score (nSPS) is 39.9. The number of Topliss-reactive ketones (excluding diaryl/α,β-unsaturated/α-hetero) is 1. The number of carbonyl (C=O) groups is 2. The van der Waals surface area contributed by atoms with E-state index in [1.807, 2.05) is 0 Å². The zero-order chi connectivity index (χ0) is 24.1. The van der Waals surface area contributed by atoms with Crippen molar-refractivity contribution in [3.63, 3.8) is 0 Å². The molecule has 0 saturated heterocycles. The van der Waals surface area contributed by atoms with E-state index in [9.17, 15) is 9.59 Å². The number of hydrogen-bond acceptors (Lipinski definition) is 3. The fourth-order valence-electron chi connectivity index (χ4n) is 7.61. The second-order valence-corrected chi connectivity index (χ2v) is 12.4. The highest BCUT2D eigenvalue weighted by atomic mass is 16.5. The van der Waals surface area contributed by atoms with Gasteiger partial charge >= 0.3 is 5.97 Å². The SMILES string of the molecule is CC(=O)OC1C=C2C(=CCC3(C)C2CCC3C(C)C=CC(C)C(C)C)C2(C)CCC(=O)CC12. The molecule has 3 heteroatoms. The number of esters is 1. The molecule has 0 radical (unpaired) electrons. The summed E-state index contributed by atoms with van der Waals surface area (Å²) in [4.78, 5) is 24.3. The van der Waals surface area contributed by atoms with E-state index in [1.165, 1.54) is 30.9 Å². The predicted molar refractivity (Wildman–Crippen MR) is 133 cm³/mol. The Labute approximate surface area is 201 Å². The van der Waals surface area contributed by atoms with Crippen LogP contribution in [0.5, 0.6) is 0 Å². The second kappa shape index (κ2) is 8.86. The molecule has 0 spiro atoms. The number of fused-ring (bicyclic) bond motifs is 5. The molecule has 2 fully saturated rings. The third kappa shape index (κ3) is 4.19. The molecule has 2 saturated carbocycles. The average molecular weight is 453 g/mol. The number of allylic oxidation sites excluding steroid dienone is 5. The molecule has 8 atom stereocenters. The quantitative estimate of drug-likeness (QED) is 0.331. The Bertz CT molecular complexity index is 892. The monoisotopic (exact) mass is 452 g/mol. The van der Waals surface area contributed by atoms with Crippen molar-refractivity contribution in [1.29, 1.82) is 0 Å². The van der Waals surface area contributed by atoms with Crippen LogP contribution in [-0.4, -0.2) is 17.9 Å². The van der Waals surface area contributed by atoms with E-state index >= 15 is 0 Å². The maximum atomic E-state index is 12.4. The molecule has 0 aromatic rings. The van der Waals surface area contributed by atoms with Gasteiger partial charge in [0.2, 0.25) is 0 Å². The molecule has 4 aliphatic carbocycles. The van der Waals surface area contributed by atoms with E-state index in [1.54, 1.807) is 0 Å². The van der Waals surface area contributed by atoms with E-state index in [4.69, 9.17) is 4.74 Å². The second-order valence-electron chi connectivity index (χ2n) is 12.4. The first kappa shape index (κ1) is 24.5. The van der Waals surface area contributed by atoms with Gasteiger partial charge in [0.1, 0.15) is 11.9 Å². The van der Waals surface area contributed by atoms with Crippen LogP contribution in [-0.2, 0) is 14.3 Å². The summed E-state index contributed by atoms with van der Waals surface area (Å²) in [6.07, 6.45) is 15.0. The largest absolute Gasteiger partial charge is 0.458 e. The van der Waals surface area contributed by atoms with Gasteiger partial charge in [-0.1, -0.05) is 59.8 Å². The minimum Gasteiger partial charge on any atom is -0.458 e. The van der Waals surface area contributed by atoms with Gasteiger partial charge in [0.05, 0.1) is 0 Å². The standard InChI is InChI=1S/C30H44O3/c1-18(2)19(3)8-9-20(4)24-10-11-25-23-17-28(33-21(5)31)27-16-22(32)12-14-30(27,7)26(23)13-15-29(24,25)6/h8-9,13,17-20,24-25,27-28H,10-12,14-16H2,1-7H3. The first-order valence-corrected chi connectivity index (χ1v) is 13.3. The number of hydrogen-bond donors (Lipinski definition) is 0. The summed E-state index contributed by atoms with van der Waals surface area (Å²) in [6.45, 7) is 15.6. The van der Waals surface area contributed by atoms with Crippen LogP contribution in [0.4, 0.5) is 0 Å². The summed E-state index contributed by atoms with van der Waals surface area (Å²) >= 11 is 0. The Morgan fingerprint density at radius 1 is 1.15 bits per heavy atom. The van der Waals surface area contributed by atoms with Crippen molar-refractivity contribution in [1.82, 2.24) is 0 Å². The maximum Gasteiger partial charge on any atom is 0.303 e. The number of carbonyl (C=O) groups excluding carboxylic acids is 2. The number of ether oxygens (including phenoxy) is 1. The van der Waals surface area contributed by atoms with Gasteiger partial charge in [-0.15, -0.1) is 0 Å². The van der Waals surface area contributed by atoms with Crippen LogP contribution in [0.2, 0.25) is 0 Å². The molecule has 182 valence electrons. The summed E-state index contributed by atoms with van der Waals surface area (Å²) in [7, 11) is 0. The molecule has 0 amide bonds. The zero-order valence-electron chi connectivity index (χ0n) is 21.8. The topological polar surface area (TPSA) is 43.4 Å². The Hall–Kier alpha value is -1.64. The summed E-state index contributed by atoms with van der Waals surface area (Å²) < 4.78 is 5.86. The fraction of sp³-hybridized carbons (Fsp3) is 0.733. The van der Waals surface area contributed by atoms with Gasteiger partial charge in [0.15, 0.2) is 0 Å². The highest BCUT2D eigenvalue weighted by Crippen LogP contribution is 2.64. The molecule has 0 heterocycles. The molecule has 0 N–H and O–H groups in total. The van der Waals surface area contributed by atoms with Gasteiger partial charge in [-0.2, -0.15) is 0 Å². The summed E-state index contributed by atoms with van der Waals surface area (Å²) in [5, 5.41) is 0. The summed E-state index contributed by atoms with van der Waals surface area (Å²) in [6, 6.07) is 0. The molecule has 8 unspecified atom stereocenters. The minimum absolute atomic E-state index is 0.0681. The molecule has 4 rings (SSSR count). The third-order valence-corrected chi connectivity index (χ3v) is 10.1. The summed E-state index contributed by atoms with van der Waals surface area (Å²) in [5.41, 5.74) is 3.05. The zero-order valence-corrected chi connectivity index (χ0v) is 21.8. The first-order valence-electron chi connectivity index (χ1n) is 13.3. The number of rotatable bonds is 5. The van der Waals surface area contributed by atoms with Gasteiger partial charge in [0.25, 0.3) is 0 Å². The molecule has 0 bridgehead atoms. The van der Waals surface area contributed by atoms with E-state index in [2.05, 4.69) is 65.8 Å². The highest BCUT2D eigenvalue weighted by Gasteiger charge is 2.57. The smallest absolute Gasteiger partial charge is 0.303 e. The van der Waals surface area contributed by atoms with E-state index in [0.29, 0.717) is 48.2 Å². The van der Waals surface area contributed by atoms with Crippen molar-refractivity contribution in [2.24, 2.45) is 46.3 Å². The van der Waals surface area contributed by atoms with E-state index in [-0.39, 0.29) is 28.8 Å². The lowest BCUT2D eigenvalue weighted by molar-refractivity contribution is -0.151. The Morgan fingerprint density at radius 2 is 1.88 bits per heavy atom. The van der Waals surface area contributed by atoms with Crippen LogP contribution in [0, 0.1) is 46.3 Å². The lowest BCUT2D eigenvalue weighted by Gasteiger charge is -2.54. The van der Waals surface area contributed by atoms with Crippen molar-refractivity contribution < 1.29 is 14.3 Å². The van der Waals surface area contributed by atoms with Crippen LogP contribution in [0.1, 0.15) is 87.0 Å². The van der Waals surface area contributed by atoms with Gasteiger partial charge in [0, 0.05) is 25.7 Å². The molecule has 0 aliphatic heterocycles. The molecule has 4 aliphatic rings. The van der Waals surface area contributed by atoms with Crippen LogP contribution >= 0.6 is 0 Å². The highest BCUT2D eigenvalue weighted by molar-refractivity contribution is 5.80. The first-order chi connectivity index (χ1) is 15.5. The van der Waals surface area contributed by atoms with Gasteiger partial charge in [-0.25, -0.2) is 0 Å². The molecule has 0 aromatic heterocycles. The lowest BCUT2D eigenvalue weighted by Crippen LogP contribution is -2.49. The van der Waals surface area contributed by atoms with E-state index in [0.717, 1.165) is 12.8 Å². The van der Waals surface area contributed by atoms with Crippen LogP contribution in [0.3, 0.4) is 0 Å². The van der Waals surface area contributed by atoms with Crippen molar-refractivity contribution in [3.05, 3.63) is 35.5 Å². The van der Waals surface area contributed by atoms with Crippen LogP contribution in [0.25, 0.3) is 0 Å². The molecular weight excluding hydrogens is 408 g/mol. The maximum absolute atomic E-state index is 12.4. The lowest BCUT2D eigenvalue weighted by atomic mass is 9.51. The van der Waals surface area contributed by atoms with Crippen molar-refractivity contribution in [2.45, 2.75) is 93.1 Å². The third-order valence-electron chi connectivity index (χ3n) is 10.1. The van der Waals surface area contributed by atoms with Gasteiger partial charge in [-0.05, 0) is 83.3 Å². The molecule has 33 heavy (non-hydrogen) atoms. The predicted octanol–water partition coefficient (Wildman–Crippen LogP) is 7.08. The minimum atomic E-state index is -0.283. The van der Waals surface area contributed by atoms with Crippen LogP contribution < -0.4 is 0 Å². The van der Waals surface area contributed by atoms with Gasteiger partial charge in [-0.3, -0.25) is 9.59 Å². The number of ketones is 1. The Kier molecular flexibility index (Phi) is 6.57. The Morgan fingerprint density at radius 3 is 2.55 bits per heavy atom. The summed E-state index contributed by atoms with van der Waals surface area (Å²) in [5.74, 6) is 3.13. The van der Waals surface area contributed by atoms with Crippen molar-refractivity contribution >= 4 is 11.8 Å². The molecular formula is C30H44O3. The van der Waals surface area contributed by atoms with Crippen LogP contribution in [0.15, 0.2) is 35.5 Å².